The highest BCUT2D eigenvalue weighted by molar-refractivity contribution is 6.08. The monoisotopic (exact) mass is 381 g/mol. The summed E-state index contributed by atoms with van der Waals surface area (Å²) in [6, 6.07) is 11.4. The zero-order valence-electron chi connectivity index (χ0n) is 15.2. The molecule has 0 aliphatic rings. The maximum atomic E-state index is 13.3. The summed E-state index contributed by atoms with van der Waals surface area (Å²) < 4.78 is 26.3. The summed E-state index contributed by atoms with van der Waals surface area (Å²) >= 11 is 0. The Morgan fingerprint density at radius 2 is 1.64 bits per heavy atom. The molecule has 0 saturated carbocycles. The molecule has 7 heteroatoms. The molecular formula is C21H17F2N3O2. The van der Waals surface area contributed by atoms with E-state index < -0.39 is 23.4 Å². The molecule has 3 aromatic rings. The molecular weight excluding hydrogens is 364 g/mol. The van der Waals surface area contributed by atoms with Gasteiger partial charge in [0.05, 0.1) is 0 Å². The first kappa shape index (κ1) is 19.2. The van der Waals surface area contributed by atoms with E-state index in [0.717, 1.165) is 23.3 Å². The number of hydrogen-bond acceptors (Lipinski definition) is 3. The second kappa shape index (κ2) is 7.96. The number of anilines is 2. The minimum Gasteiger partial charge on any atom is -0.322 e. The molecule has 3 rings (SSSR count). The summed E-state index contributed by atoms with van der Waals surface area (Å²) in [6.45, 7) is 3.84. The van der Waals surface area contributed by atoms with Gasteiger partial charge in [0.25, 0.3) is 11.8 Å². The first-order valence-corrected chi connectivity index (χ1v) is 8.44. The Morgan fingerprint density at radius 3 is 2.36 bits per heavy atom. The Morgan fingerprint density at radius 1 is 0.857 bits per heavy atom. The van der Waals surface area contributed by atoms with Crippen LogP contribution in [0, 0.1) is 25.5 Å². The average Bonchev–Trinajstić information content (AvgIpc) is 2.67. The summed E-state index contributed by atoms with van der Waals surface area (Å²) in [5, 5.41) is 5.21. The van der Waals surface area contributed by atoms with Gasteiger partial charge >= 0.3 is 0 Å². The van der Waals surface area contributed by atoms with Crippen LogP contribution in [-0.4, -0.2) is 16.8 Å². The minimum absolute atomic E-state index is 0.0296. The molecule has 1 heterocycles. The number of carbonyl (C=O) groups is 2. The molecule has 28 heavy (non-hydrogen) atoms. The predicted molar refractivity (Wildman–Crippen MR) is 102 cm³/mol. The van der Waals surface area contributed by atoms with Crippen LogP contribution in [0.3, 0.4) is 0 Å². The van der Waals surface area contributed by atoms with Gasteiger partial charge < -0.3 is 10.6 Å². The van der Waals surface area contributed by atoms with Gasteiger partial charge in [-0.2, -0.15) is 0 Å². The lowest BCUT2D eigenvalue weighted by Gasteiger charge is -2.10. The quantitative estimate of drug-likeness (QED) is 0.700. The molecule has 2 aromatic carbocycles. The molecule has 0 fully saturated rings. The maximum Gasteiger partial charge on any atom is 0.274 e. The fraction of sp³-hybridized carbons (Fsp3) is 0.0952. The van der Waals surface area contributed by atoms with Gasteiger partial charge in [0.2, 0.25) is 0 Å². The third kappa shape index (κ3) is 4.37. The van der Waals surface area contributed by atoms with E-state index in [2.05, 4.69) is 15.6 Å². The number of hydrogen-bond donors (Lipinski definition) is 2. The zero-order chi connectivity index (χ0) is 20.3. The van der Waals surface area contributed by atoms with Crippen molar-refractivity contribution in [2.45, 2.75) is 13.8 Å². The fourth-order valence-electron chi connectivity index (χ4n) is 2.61. The molecule has 0 spiro atoms. The van der Waals surface area contributed by atoms with E-state index in [1.807, 2.05) is 26.0 Å². The van der Waals surface area contributed by atoms with Crippen molar-refractivity contribution < 1.29 is 18.4 Å². The van der Waals surface area contributed by atoms with Crippen molar-refractivity contribution in [3.63, 3.8) is 0 Å². The van der Waals surface area contributed by atoms with Crippen LogP contribution in [0.1, 0.15) is 32.0 Å². The summed E-state index contributed by atoms with van der Waals surface area (Å²) in [7, 11) is 0. The normalized spacial score (nSPS) is 10.4. The van der Waals surface area contributed by atoms with Crippen LogP contribution in [0.4, 0.5) is 20.2 Å². The first-order chi connectivity index (χ1) is 13.3. The molecule has 2 amide bonds. The minimum atomic E-state index is -1.08. The number of pyridine rings is 1. The van der Waals surface area contributed by atoms with E-state index in [-0.39, 0.29) is 16.9 Å². The number of benzene rings is 2. The van der Waals surface area contributed by atoms with Crippen LogP contribution in [0.2, 0.25) is 0 Å². The van der Waals surface area contributed by atoms with E-state index >= 15 is 0 Å². The second-order valence-corrected chi connectivity index (χ2v) is 6.29. The number of nitrogens with zero attached hydrogens (tertiary/aromatic N) is 1. The highest BCUT2D eigenvalue weighted by Gasteiger charge is 2.14. The molecule has 0 unspecified atom stereocenters. The zero-order valence-corrected chi connectivity index (χ0v) is 15.2. The van der Waals surface area contributed by atoms with Crippen molar-refractivity contribution in [3.05, 3.63) is 88.7 Å². The lowest BCUT2D eigenvalue weighted by atomic mass is 10.1. The van der Waals surface area contributed by atoms with Crippen LogP contribution >= 0.6 is 0 Å². The van der Waals surface area contributed by atoms with Gasteiger partial charge in [0, 0.05) is 29.2 Å². The van der Waals surface area contributed by atoms with Crippen molar-refractivity contribution in [1.82, 2.24) is 4.98 Å². The van der Waals surface area contributed by atoms with E-state index in [1.165, 1.54) is 24.4 Å². The second-order valence-electron chi connectivity index (χ2n) is 6.29. The summed E-state index contributed by atoms with van der Waals surface area (Å²) in [5.74, 6) is -3.13. The number of halogens is 2. The number of nitrogens with one attached hydrogen (secondary N) is 2. The first-order valence-electron chi connectivity index (χ1n) is 8.44. The van der Waals surface area contributed by atoms with Gasteiger partial charge in [0.1, 0.15) is 5.69 Å². The average molecular weight is 381 g/mol. The van der Waals surface area contributed by atoms with Gasteiger partial charge in [0.15, 0.2) is 11.6 Å². The van der Waals surface area contributed by atoms with E-state index in [9.17, 15) is 18.4 Å². The lowest BCUT2D eigenvalue weighted by Crippen LogP contribution is -2.17. The maximum absolute atomic E-state index is 13.3. The number of amides is 2. The smallest absolute Gasteiger partial charge is 0.274 e. The van der Waals surface area contributed by atoms with Gasteiger partial charge in [-0.3, -0.25) is 14.6 Å². The van der Waals surface area contributed by atoms with Gasteiger partial charge in [-0.25, -0.2) is 8.78 Å². The number of aromatic nitrogens is 1. The van der Waals surface area contributed by atoms with Crippen molar-refractivity contribution >= 4 is 23.2 Å². The molecule has 0 aliphatic heterocycles. The van der Waals surface area contributed by atoms with Crippen LogP contribution in [0.5, 0.6) is 0 Å². The summed E-state index contributed by atoms with van der Waals surface area (Å²) in [5.41, 5.74) is 2.95. The highest BCUT2D eigenvalue weighted by atomic mass is 19.2. The number of carbonyl (C=O) groups excluding carboxylic acids is 2. The number of aryl methyl sites for hydroxylation is 2. The Kier molecular flexibility index (Phi) is 5.44. The standard InChI is InChI=1S/C21H17F2N3O2/c1-12-3-6-18(13(2)9-12)26-20(27)14-7-8-24-19(10-14)21(28)25-15-4-5-16(22)17(23)11-15/h3-11H,1-2H3,(H,25,28)(H,26,27). The molecule has 142 valence electrons. The molecule has 0 radical (unpaired) electrons. The van der Waals surface area contributed by atoms with Gasteiger partial charge in [-0.1, -0.05) is 17.7 Å². The van der Waals surface area contributed by atoms with Crippen molar-refractivity contribution in [2.75, 3.05) is 10.6 Å². The largest absolute Gasteiger partial charge is 0.322 e. The lowest BCUT2D eigenvalue weighted by molar-refractivity contribution is 0.102. The van der Waals surface area contributed by atoms with E-state index in [1.54, 1.807) is 6.07 Å². The van der Waals surface area contributed by atoms with Crippen molar-refractivity contribution in [3.8, 4) is 0 Å². The molecule has 1 aromatic heterocycles. The van der Waals surface area contributed by atoms with Crippen LogP contribution in [0.15, 0.2) is 54.7 Å². The van der Waals surface area contributed by atoms with Crippen LogP contribution in [0.25, 0.3) is 0 Å². The number of rotatable bonds is 4. The third-order valence-electron chi connectivity index (χ3n) is 4.06. The SMILES string of the molecule is Cc1ccc(NC(=O)c2ccnc(C(=O)Nc3ccc(F)c(F)c3)c2)c(C)c1. The third-order valence-corrected chi connectivity index (χ3v) is 4.06. The molecule has 0 aliphatic carbocycles. The van der Waals surface area contributed by atoms with Crippen LogP contribution < -0.4 is 10.6 Å². The molecule has 0 saturated heterocycles. The van der Waals surface area contributed by atoms with Gasteiger partial charge in [-0.15, -0.1) is 0 Å². The molecule has 5 nitrogen and oxygen atoms in total. The fourth-order valence-corrected chi connectivity index (χ4v) is 2.61. The molecule has 0 bridgehead atoms. The predicted octanol–water partition coefficient (Wildman–Crippen LogP) is 4.48. The Labute approximate surface area is 160 Å². The molecule has 2 N–H and O–H groups in total. The van der Waals surface area contributed by atoms with Crippen molar-refractivity contribution in [1.29, 1.82) is 0 Å². The summed E-state index contributed by atoms with van der Waals surface area (Å²) in [6.07, 6.45) is 1.33. The topological polar surface area (TPSA) is 71.1 Å². The molecule has 0 atom stereocenters. The van der Waals surface area contributed by atoms with E-state index in [4.69, 9.17) is 0 Å². The highest BCUT2D eigenvalue weighted by Crippen LogP contribution is 2.18. The Hall–Kier alpha value is -3.61. The Balaban J connectivity index is 1.76. The van der Waals surface area contributed by atoms with Crippen LogP contribution in [-0.2, 0) is 0 Å². The van der Waals surface area contributed by atoms with Crippen molar-refractivity contribution in [2.24, 2.45) is 0 Å². The van der Waals surface area contributed by atoms with E-state index in [0.29, 0.717) is 5.69 Å². The van der Waals surface area contributed by atoms with Gasteiger partial charge in [-0.05, 0) is 49.7 Å². The summed E-state index contributed by atoms with van der Waals surface area (Å²) in [4.78, 5) is 28.8. The Bertz CT molecular complexity index is 1070.